The van der Waals surface area contributed by atoms with Crippen LogP contribution in [-0.2, 0) is 6.42 Å². The van der Waals surface area contributed by atoms with E-state index in [-0.39, 0.29) is 0 Å². The number of nitriles is 1. The second kappa shape index (κ2) is 6.37. The molecule has 3 aromatic rings. The summed E-state index contributed by atoms with van der Waals surface area (Å²) in [5.74, 6) is 0.832. The molecule has 0 unspecified atom stereocenters. The Morgan fingerprint density at radius 1 is 1.32 bits per heavy atom. The molecule has 0 amide bonds. The van der Waals surface area contributed by atoms with Gasteiger partial charge in [-0.25, -0.2) is 4.98 Å². The number of ether oxygens (including phenoxy) is 1. The van der Waals surface area contributed by atoms with Gasteiger partial charge >= 0.3 is 0 Å². The maximum absolute atomic E-state index is 9.22. The molecule has 0 aliphatic rings. The predicted octanol–water partition coefficient (Wildman–Crippen LogP) is 2.58. The molecule has 2 aromatic heterocycles. The summed E-state index contributed by atoms with van der Waals surface area (Å²) in [7, 11) is 0. The van der Waals surface area contributed by atoms with Gasteiger partial charge in [0, 0.05) is 18.0 Å². The Morgan fingerprint density at radius 3 is 2.77 bits per heavy atom. The first-order valence-electron chi connectivity index (χ1n) is 6.78. The van der Waals surface area contributed by atoms with Crippen LogP contribution in [0.1, 0.15) is 23.9 Å². The monoisotopic (exact) mass is 311 g/mol. The van der Waals surface area contributed by atoms with Crippen LogP contribution in [0.4, 0.5) is 0 Å². The van der Waals surface area contributed by atoms with Crippen molar-refractivity contribution in [2.24, 2.45) is 0 Å². The number of aromatic nitrogens is 4. The minimum absolute atomic E-state index is 0.323. The van der Waals surface area contributed by atoms with Gasteiger partial charge in [0.1, 0.15) is 11.8 Å². The molecule has 0 radical (unpaired) electrons. The van der Waals surface area contributed by atoms with E-state index < -0.39 is 0 Å². The van der Waals surface area contributed by atoms with Gasteiger partial charge in [-0.15, -0.1) is 16.4 Å². The van der Waals surface area contributed by atoms with Crippen LogP contribution in [0.5, 0.6) is 5.75 Å². The number of nitrogens with zero attached hydrogens (tertiary/aromatic N) is 5. The third kappa shape index (κ3) is 2.82. The number of thiazole rings is 1. The summed E-state index contributed by atoms with van der Waals surface area (Å²) in [5, 5.41) is 19.8. The molecule has 0 N–H and O–H groups in total. The molecule has 2 heterocycles. The van der Waals surface area contributed by atoms with Crippen molar-refractivity contribution in [3.63, 3.8) is 0 Å². The van der Waals surface area contributed by atoms with Crippen molar-refractivity contribution >= 4 is 11.3 Å². The maximum Gasteiger partial charge on any atom is 0.211 e. The molecule has 0 aliphatic carbocycles. The number of hydrogen-bond donors (Lipinski definition) is 0. The second-order valence-corrected chi connectivity index (χ2v) is 5.35. The highest BCUT2D eigenvalue weighted by Crippen LogP contribution is 2.20. The molecule has 0 aliphatic heterocycles. The van der Waals surface area contributed by atoms with E-state index in [1.54, 1.807) is 10.9 Å². The van der Waals surface area contributed by atoms with Crippen molar-refractivity contribution in [3.05, 3.63) is 52.8 Å². The average molecular weight is 311 g/mol. The zero-order valence-corrected chi connectivity index (χ0v) is 12.7. The molecule has 0 saturated carbocycles. The lowest BCUT2D eigenvalue weighted by molar-refractivity contribution is 0.340. The van der Waals surface area contributed by atoms with Crippen molar-refractivity contribution in [2.45, 2.75) is 13.3 Å². The molecule has 0 bridgehead atoms. The maximum atomic E-state index is 9.22. The second-order valence-electron chi connectivity index (χ2n) is 4.48. The molecule has 0 spiro atoms. The van der Waals surface area contributed by atoms with Gasteiger partial charge in [-0.05, 0) is 24.6 Å². The fourth-order valence-electron chi connectivity index (χ4n) is 2.08. The Bertz CT molecular complexity index is 786. The smallest absolute Gasteiger partial charge is 0.211 e. The Morgan fingerprint density at radius 2 is 2.14 bits per heavy atom. The van der Waals surface area contributed by atoms with Crippen LogP contribution in [-0.4, -0.2) is 26.6 Å². The van der Waals surface area contributed by atoms with E-state index in [0.29, 0.717) is 23.9 Å². The first kappa shape index (κ1) is 14.2. The van der Waals surface area contributed by atoms with E-state index in [0.717, 1.165) is 17.0 Å². The van der Waals surface area contributed by atoms with Gasteiger partial charge in [-0.2, -0.15) is 9.94 Å². The van der Waals surface area contributed by atoms with Crippen molar-refractivity contribution in [1.82, 2.24) is 20.0 Å². The van der Waals surface area contributed by atoms with Crippen LogP contribution in [0.2, 0.25) is 0 Å². The molecule has 1 aromatic carbocycles. The summed E-state index contributed by atoms with van der Waals surface area (Å²) in [5.41, 5.74) is 2.12. The molecule has 3 rings (SSSR count). The number of rotatable bonds is 5. The zero-order chi connectivity index (χ0) is 15.4. The minimum atomic E-state index is 0.323. The highest BCUT2D eigenvalue weighted by atomic mass is 32.1. The number of benzene rings is 1. The fourth-order valence-corrected chi connectivity index (χ4v) is 2.70. The Labute approximate surface area is 131 Å². The lowest BCUT2D eigenvalue weighted by Crippen LogP contribution is -2.03. The zero-order valence-electron chi connectivity index (χ0n) is 11.9. The largest absolute Gasteiger partial charge is 0.494 e. The average Bonchev–Trinajstić information content (AvgIpc) is 3.18. The topological polar surface area (TPSA) is 76.6 Å². The van der Waals surface area contributed by atoms with Crippen LogP contribution in [0, 0.1) is 11.3 Å². The van der Waals surface area contributed by atoms with Crippen LogP contribution in [0.3, 0.4) is 0 Å². The SMILES string of the molecule is CCOc1ccc(Cc2c(C#N)nnn2-c2nccs2)cc1. The van der Waals surface area contributed by atoms with Crippen molar-refractivity contribution in [3.8, 4) is 17.0 Å². The van der Waals surface area contributed by atoms with Crippen LogP contribution in [0.25, 0.3) is 5.13 Å². The molecule has 0 fully saturated rings. The Kier molecular flexibility index (Phi) is 4.12. The van der Waals surface area contributed by atoms with Gasteiger partial charge in [-0.1, -0.05) is 17.3 Å². The van der Waals surface area contributed by atoms with E-state index in [9.17, 15) is 5.26 Å². The van der Waals surface area contributed by atoms with Crippen LogP contribution >= 0.6 is 11.3 Å². The lowest BCUT2D eigenvalue weighted by Gasteiger charge is -2.06. The van der Waals surface area contributed by atoms with E-state index in [2.05, 4.69) is 21.4 Å². The van der Waals surface area contributed by atoms with Crippen molar-refractivity contribution in [1.29, 1.82) is 5.26 Å². The summed E-state index contributed by atoms with van der Waals surface area (Å²) < 4.78 is 7.06. The molecule has 6 nitrogen and oxygen atoms in total. The Hall–Kier alpha value is -2.72. The first-order chi connectivity index (χ1) is 10.8. The van der Waals surface area contributed by atoms with Gasteiger partial charge in [0.05, 0.1) is 12.3 Å². The molecular weight excluding hydrogens is 298 g/mol. The minimum Gasteiger partial charge on any atom is -0.494 e. The summed E-state index contributed by atoms with van der Waals surface area (Å²) in [6.45, 7) is 2.59. The van der Waals surface area contributed by atoms with Crippen LogP contribution in [0.15, 0.2) is 35.8 Å². The highest BCUT2D eigenvalue weighted by molar-refractivity contribution is 7.12. The Balaban J connectivity index is 1.91. The quantitative estimate of drug-likeness (QED) is 0.724. The molecule has 0 saturated heterocycles. The van der Waals surface area contributed by atoms with Gasteiger partial charge in [-0.3, -0.25) is 0 Å². The van der Waals surface area contributed by atoms with E-state index >= 15 is 0 Å². The molecule has 22 heavy (non-hydrogen) atoms. The van der Waals surface area contributed by atoms with Gasteiger partial charge in [0.2, 0.25) is 5.13 Å². The van der Waals surface area contributed by atoms with Crippen molar-refractivity contribution in [2.75, 3.05) is 6.61 Å². The lowest BCUT2D eigenvalue weighted by atomic mass is 10.1. The normalized spacial score (nSPS) is 10.4. The third-order valence-electron chi connectivity index (χ3n) is 3.08. The van der Waals surface area contributed by atoms with Crippen LogP contribution < -0.4 is 4.74 Å². The predicted molar refractivity (Wildman–Crippen MR) is 82.2 cm³/mol. The highest BCUT2D eigenvalue weighted by Gasteiger charge is 2.16. The van der Waals surface area contributed by atoms with Gasteiger partial charge in [0.15, 0.2) is 5.69 Å². The third-order valence-corrected chi connectivity index (χ3v) is 3.82. The molecule has 7 heteroatoms. The number of hydrogen-bond acceptors (Lipinski definition) is 6. The molecule has 0 atom stereocenters. The van der Waals surface area contributed by atoms with E-state index in [1.807, 2.05) is 36.6 Å². The van der Waals surface area contributed by atoms with Gasteiger partial charge in [0.25, 0.3) is 0 Å². The standard InChI is InChI=1S/C15H13N5OS/c1-2-21-12-5-3-11(4-6-12)9-14-13(10-16)18-19-20(14)15-17-7-8-22-15/h3-8H,2,9H2,1H3. The summed E-state index contributed by atoms with van der Waals surface area (Å²) >= 11 is 1.45. The molecular formula is C15H13N5OS. The fraction of sp³-hybridized carbons (Fsp3) is 0.200. The summed E-state index contributed by atoms with van der Waals surface area (Å²) in [6.07, 6.45) is 2.26. The van der Waals surface area contributed by atoms with Gasteiger partial charge < -0.3 is 4.74 Å². The summed E-state index contributed by atoms with van der Waals surface area (Å²) in [4.78, 5) is 4.22. The first-order valence-corrected chi connectivity index (χ1v) is 7.66. The molecule has 110 valence electrons. The van der Waals surface area contributed by atoms with Crippen molar-refractivity contribution < 1.29 is 4.74 Å². The summed E-state index contributed by atoms with van der Waals surface area (Å²) in [6, 6.07) is 9.88. The van der Waals surface area contributed by atoms with E-state index in [4.69, 9.17) is 4.74 Å². The van der Waals surface area contributed by atoms with E-state index in [1.165, 1.54) is 11.3 Å².